The highest BCUT2D eigenvalue weighted by atomic mass is 32.2. The molecule has 2 aliphatic carbocycles. The summed E-state index contributed by atoms with van der Waals surface area (Å²) < 4.78 is 59.6. The molecular weight excluding hydrogens is 669 g/mol. The number of sulfonamides is 1. The minimum Gasteiger partial charge on any atom is -0.491 e. The van der Waals surface area contributed by atoms with Crippen molar-refractivity contribution in [2.45, 2.75) is 113 Å². The van der Waals surface area contributed by atoms with E-state index in [1.807, 2.05) is 26.0 Å². The average molecular weight is 716 g/mol. The van der Waals surface area contributed by atoms with E-state index >= 15 is 0 Å². The van der Waals surface area contributed by atoms with E-state index in [9.17, 15) is 27.2 Å². The Morgan fingerprint density at radius 3 is 2.66 bits per heavy atom. The van der Waals surface area contributed by atoms with Gasteiger partial charge in [-0.15, -0.1) is 0 Å². The number of benzene rings is 1. The molecule has 3 amide bonds. The van der Waals surface area contributed by atoms with Gasteiger partial charge in [0.15, 0.2) is 11.6 Å². The number of hydrogen-bond acceptors (Lipinski definition) is 10. The van der Waals surface area contributed by atoms with Crippen LogP contribution in [0.15, 0.2) is 30.4 Å². The molecule has 2 aromatic rings. The maximum atomic E-state index is 14.7. The van der Waals surface area contributed by atoms with Gasteiger partial charge in [-0.05, 0) is 71.4 Å². The van der Waals surface area contributed by atoms with Gasteiger partial charge in [-0.25, -0.2) is 17.8 Å². The first-order valence-corrected chi connectivity index (χ1v) is 18.8. The van der Waals surface area contributed by atoms with E-state index in [2.05, 4.69) is 15.0 Å². The Balaban J connectivity index is 1.31. The monoisotopic (exact) mass is 715 g/mol. The van der Waals surface area contributed by atoms with Crippen molar-refractivity contribution in [2.75, 3.05) is 13.7 Å². The largest absolute Gasteiger partial charge is 0.491 e. The quantitative estimate of drug-likeness (QED) is 0.344. The number of methoxy groups -OCH3 is 1. The van der Waals surface area contributed by atoms with Crippen molar-refractivity contribution >= 4 is 38.6 Å². The van der Waals surface area contributed by atoms with Crippen LogP contribution in [0.25, 0.3) is 10.9 Å². The molecule has 15 heteroatoms. The van der Waals surface area contributed by atoms with E-state index in [-0.39, 0.29) is 48.4 Å². The second-order valence-corrected chi connectivity index (χ2v) is 16.6. The molecule has 0 bridgehead atoms. The molecule has 1 aromatic carbocycles. The molecule has 50 heavy (non-hydrogen) atoms. The molecule has 4 aliphatic rings. The Morgan fingerprint density at radius 2 is 1.96 bits per heavy atom. The van der Waals surface area contributed by atoms with Crippen molar-refractivity contribution in [1.29, 1.82) is 0 Å². The zero-order valence-electron chi connectivity index (χ0n) is 28.9. The lowest BCUT2D eigenvalue weighted by Crippen LogP contribution is -2.58. The van der Waals surface area contributed by atoms with Gasteiger partial charge < -0.3 is 30.2 Å². The molecule has 5 atom stereocenters. The zero-order chi connectivity index (χ0) is 36.0. The molecule has 3 fully saturated rings. The lowest BCUT2D eigenvalue weighted by molar-refractivity contribution is -0.140. The summed E-state index contributed by atoms with van der Waals surface area (Å²) in [5.74, 6) is -2.49. The van der Waals surface area contributed by atoms with Crippen LogP contribution in [0.3, 0.4) is 0 Å². The number of nitrogens with two attached hydrogens (primary N) is 1. The first-order valence-electron chi connectivity index (χ1n) is 17.3. The summed E-state index contributed by atoms with van der Waals surface area (Å²) in [5.41, 5.74) is 5.08. The van der Waals surface area contributed by atoms with Crippen LogP contribution in [0.5, 0.6) is 17.4 Å². The highest BCUT2D eigenvalue weighted by Gasteiger charge is 2.63. The van der Waals surface area contributed by atoms with Gasteiger partial charge in [0.25, 0.3) is 5.91 Å². The standard InChI is InChI=1S/C35H46FN5O8S/c1-20(2)48-28-17-27(23-12-13-24(36)30(47-4)29(23)38-28)49-22-16-26-31(42)39-35(33(44)40-50(45,46)34(3)14-15-34)18-21(35)10-8-6-5-7-9-11-25(37)32(43)41(26)19-22/h8,10,12-13,17,20-22,25-26H,5-7,9,11,14-16,18-19,37H2,1-4H3,(H,39,42)(H,40,44)/b10-8-/t21-,22-,25+,26+,35-/m1/s1. The Hall–Kier alpha value is -3.98. The summed E-state index contributed by atoms with van der Waals surface area (Å²) in [6.07, 6.45) is 7.57. The Labute approximate surface area is 291 Å². The number of nitrogens with zero attached hydrogens (tertiary/aromatic N) is 2. The van der Waals surface area contributed by atoms with Crippen LogP contribution in [0.1, 0.15) is 78.6 Å². The molecule has 272 valence electrons. The predicted molar refractivity (Wildman–Crippen MR) is 182 cm³/mol. The third-order valence-corrected chi connectivity index (χ3v) is 12.4. The van der Waals surface area contributed by atoms with E-state index in [0.717, 1.165) is 25.7 Å². The Kier molecular flexibility index (Phi) is 9.76. The van der Waals surface area contributed by atoms with Crippen LogP contribution in [0.2, 0.25) is 0 Å². The summed E-state index contributed by atoms with van der Waals surface area (Å²) in [6, 6.07) is 2.39. The first-order chi connectivity index (χ1) is 23.7. The highest BCUT2D eigenvalue weighted by molar-refractivity contribution is 7.91. The van der Waals surface area contributed by atoms with Gasteiger partial charge in [0.2, 0.25) is 27.7 Å². The lowest BCUT2D eigenvalue weighted by atomic mass is 10.1. The van der Waals surface area contributed by atoms with Gasteiger partial charge in [0, 0.05) is 23.8 Å². The summed E-state index contributed by atoms with van der Waals surface area (Å²) in [7, 11) is -2.63. The molecule has 4 N–H and O–H groups in total. The molecule has 0 spiro atoms. The SMILES string of the molecule is COc1c(F)ccc2c(O[C@@H]3C[C@H]4C(=O)N[C@]5(C(=O)NS(=O)(=O)C6(C)CC6)C[C@H]5/C=C\CCCCC[C@H](N)C(=O)N4C3)cc(OC(C)C)nc12. The molecule has 2 aliphatic heterocycles. The summed E-state index contributed by atoms with van der Waals surface area (Å²) in [6.45, 7) is 5.23. The maximum absolute atomic E-state index is 14.7. The summed E-state index contributed by atoms with van der Waals surface area (Å²) in [4.78, 5) is 47.5. The molecular formula is C35H46FN5O8S. The Bertz CT molecular complexity index is 1820. The number of halogens is 1. The number of ether oxygens (including phenoxy) is 3. The number of fused-ring (bicyclic) bond motifs is 3. The molecule has 0 unspecified atom stereocenters. The van der Waals surface area contributed by atoms with Gasteiger partial charge in [0.1, 0.15) is 29.0 Å². The van der Waals surface area contributed by atoms with Crippen molar-refractivity contribution in [3.63, 3.8) is 0 Å². The molecule has 1 aromatic heterocycles. The van der Waals surface area contributed by atoms with Gasteiger partial charge in [-0.2, -0.15) is 0 Å². The summed E-state index contributed by atoms with van der Waals surface area (Å²) >= 11 is 0. The number of nitrogens with one attached hydrogen (secondary N) is 2. The van der Waals surface area contributed by atoms with Crippen LogP contribution < -0.4 is 30.0 Å². The van der Waals surface area contributed by atoms with Gasteiger partial charge in [0.05, 0.1) is 30.5 Å². The Morgan fingerprint density at radius 1 is 1.20 bits per heavy atom. The minimum atomic E-state index is -3.97. The molecule has 2 saturated carbocycles. The first kappa shape index (κ1) is 35.8. The zero-order valence-corrected chi connectivity index (χ0v) is 29.7. The molecule has 1 saturated heterocycles. The predicted octanol–water partition coefficient (Wildman–Crippen LogP) is 3.24. The topological polar surface area (TPSA) is 179 Å². The van der Waals surface area contributed by atoms with Crippen LogP contribution >= 0.6 is 0 Å². The molecule has 0 radical (unpaired) electrons. The van der Waals surface area contributed by atoms with Crippen molar-refractivity contribution in [1.82, 2.24) is 19.9 Å². The van der Waals surface area contributed by atoms with E-state index in [0.29, 0.717) is 24.6 Å². The molecule has 13 nitrogen and oxygen atoms in total. The van der Waals surface area contributed by atoms with Crippen LogP contribution in [-0.2, 0) is 24.4 Å². The second-order valence-electron chi connectivity index (χ2n) is 14.4. The van der Waals surface area contributed by atoms with Gasteiger partial charge in [-0.3, -0.25) is 19.1 Å². The van der Waals surface area contributed by atoms with Crippen molar-refractivity contribution in [3.05, 3.63) is 36.2 Å². The fourth-order valence-electron chi connectivity index (χ4n) is 6.80. The van der Waals surface area contributed by atoms with E-state index < -0.39 is 68.0 Å². The van der Waals surface area contributed by atoms with Crippen LogP contribution in [0.4, 0.5) is 4.39 Å². The fraction of sp³-hybridized carbons (Fsp3) is 0.600. The number of rotatable bonds is 8. The number of aromatic nitrogens is 1. The maximum Gasteiger partial charge on any atom is 0.259 e. The summed E-state index contributed by atoms with van der Waals surface area (Å²) in [5, 5.41) is 3.29. The second kappa shape index (κ2) is 13.6. The number of amides is 3. The highest BCUT2D eigenvalue weighted by Crippen LogP contribution is 2.47. The van der Waals surface area contributed by atoms with Crippen molar-refractivity contribution < 1.29 is 41.4 Å². The third kappa shape index (κ3) is 6.98. The van der Waals surface area contributed by atoms with Crippen LogP contribution in [-0.4, -0.2) is 84.3 Å². The molecule has 6 rings (SSSR count). The molecule has 3 heterocycles. The number of hydrogen-bond donors (Lipinski definition) is 3. The number of carbonyl (C=O) groups excluding carboxylic acids is 3. The van der Waals surface area contributed by atoms with E-state index in [4.69, 9.17) is 19.9 Å². The van der Waals surface area contributed by atoms with Crippen LogP contribution in [0, 0.1) is 11.7 Å². The lowest BCUT2D eigenvalue weighted by Gasteiger charge is -2.28. The van der Waals surface area contributed by atoms with Crippen molar-refractivity contribution in [2.24, 2.45) is 11.7 Å². The van der Waals surface area contributed by atoms with Crippen molar-refractivity contribution in [3.8, 4) is 17.4 Å². The smallest absolute Gasteiger partial charge is 0.259 e. The normalized spacial score (nSPS) is 28.8. The minimum absolute atomic E-state index is 0.00238. The van der Waals surface area contributed by atoms with E-state index in [1.165, 1.54) is 24.1 Å². The number of pyridine rings is 1. The average Bonchev–Trinajstić information content (AvgIpc) is 3.93. The van der Waals surface area contributed by atoms with Gasteiger partial charge >= 0.3 is 0 Å². The number of carbonyl (C=O) groups is 3. The number of allylic oxidation sites excluding steroid dienone is 1. The third-order valence-electron chi connectivity index (χ3n) is 10.2. The van der Waals surface area contributed by atoms with Gasteiger partial charge in [-0.1, -0.05) is 25.0 Å². The fourth-order valence-corrected chi connectivity index (χ4v) is 8.12. The van der Waals surface area contributed by atoms with E-state index in [1.54, 1.807) is 13.0 Å².